The summed E-state index contributed by atoms with van der Waals surface area (Å²) in [5.74, 6) is 1.92. The van der Waals surface area contributed by atoms with E-state index in [4.69, 9.17) is 14.2 Å². The van der Waals surface area contributed by atoms with E-state index in [1.54, 1.807) is 39.8 Å². The lowest BCUT2D eigenvalue weighted by Gasteiger charge is -2.14. The van der Waals surface area contributed by atoms with Crippen molar-refractivity contribution in [2.24, 2.45) is 0 Å². The normalized spacial score (nSPS) is 10.0. The molecule has 0 saturated carbocycles. The van der Waals surface area contributed by atoms with E-state index in [-0.39, 0.29) is 6.03 Å². The van der Waals surface area contributed by atoms with Crippen LogP contribution < -0.4 is 24.8 Å². The number of rotatable bonds is 8. The lowest BCUT2D eigenvalue weighted by atomic mass is 10.1. The maximum Gasteiger partial charge on any atom is 0.315 e. The van der Waals surface area contributed by atoms with E-state index in [2.05, 4.69) is 15.6 Å². The third kappa shape index (κ3) is 5.27. The molecular weight excluding hydrogens is 322 g/mol. The minimum atomic E-state index is -0.226. The number of methoxy groups -OCH3 is 3. The van der Waals surface area contributed by atoms with Crippen molar-refractivity contribution < 1.29 is 19.0 Å². The van der Waals surface area contributed by atoms with Gasteiger partial charge in [-0.25, -0.2) is 4.79 Å². The Labute approximate surface area is 147 Å². The number of benzene rings is 1. The first-order valence-electron chi connectivity index (χ1n) is 7.87. The first kappa shape index (κ1) is 18.4. The molecule has 2 amide bonds. The molecule has 0 fully saturated rings. The largest absolute Gasteiger partial charge is 0.496 e. The summed E-state index contributed by atoms with van der Waals surface area (Å²) in [6.45, 7) is 0.919. The van der Waals surface area contributed by atoms with Crippen LogP contribution in [0, 0.1) is 0 Å². The number of urea groups is 1. The van der Waals surface area contributed by atoms with Crippen LogP contribution in [0.4, 0.5) is 4.79 Å². The fraction of sp³-hybridized carbons (Fsp3) is 0.333. The zero-order valence-electron chi connectivity index (χ0n) is 14.7. The number of pyridine rings is 1. The van der Waals surface area contributed by atoms with Gasteiger partial charge in [-0.3, -0.25) is 4.98 Å². The minimum absolute atomic E-state index is 0.226. The van der Waals surface area contributed by atoms with E-state index in [1.807, 2.05) is 18.2 Å². The molecule has 0 unspecified atom stereocenters. The molecule has 0 saturated heterocycles. The molecule has 134 valence electrons. The average molecular weight is 345 g/mol. The Morgan fingerprint density at radius 3 is 2.24 bits per heavy atom. The summed E-state index contributed by atoms with van der Waals surface area (Å²) < 4.78 is 15.9. The number of ether oxygens (including phenoxy) is 3. The fourth-order valence-electron chi connectivity index (χ4n) is 2.34. The molecule has 0 spiro atoms. The van der Waals surface area contributed by atoms with Crippen LogP contribution in [0.1, 0.15) is 11.1 Å². The van der Waals surface area contributed by atoms with Crippen LogP contribution in [0.2, 0.25) is 0 Å². The summed E-state index contributed by atoms with van der Waals surface area (Å²) in [6, 6.07) is 7.12. The van der Waals surface area contributed by atoms with Crippen LogP contribution in [0.15, 0.2) is 36.7 Å². The van der Waals surface area contributed by atoms with Gasteiger partial charge in [-0.15, -0.1) is 0 Å². The SMILES string of the molecule is COc1cc(OC)c(OC)cc1CCNC(=O)NCc1ccncc1. The summed E-state index contributed by atoms with van der Waals surface area (Å²) in [4.78, 5) is 15.8. The van der Waals surface area contributed by atoms with E-state index < -0.39 is 0 Å². The second kappa shape index (κ2) is 9.36. The van der Waals surface area contributed by atoms with Gasteiger partial charge in [0.25, 0.3) is 0 Å². The number of hydrogen-bond donors (Lipinski definition) is 2. The van der Waals surface area contributed by atoms with Gasteiger partial charge >= 0.3 is 6.03 Å². The lowest BCUT2D eigenvalue weighted by molar-refractivity contribution is 0.240. The highest BCUT2D eigenvalue weighted by atomic mass is 16.5. The van der Waals surface area contributed by atoms with E-state index in [0.29, 0.717) is 36.8 Å². The number of amides is 2. The van der Waals surface area contributed by atoms with Crippen LogP contribution in [0.5, 0.6) is 17.2 Å². The molecule has 1 aromatic heterocycles. The van der Waals surface area contributed by atoms with Crippen LogP contribution in [-0.2, 0) is 13.0 Å². The van der Waals surface area contributed by atoms with Gasteiger partial charge in [-0.2, -0.15) is 0 Å². The Hall–Kier alpha value is -2.96. The highest BCUT2D eigenvalue weighted by Crippen LogP contribution is 2.34. The molecule has 0 aliphatic heterocycles. The van der Waals surface area contributed by atoms with Gasteiger partial charge in [0, 0.05) is 31.5 Å². The van der Waals surface area contributed by atoms with Gasteiger partial charge in [0.05, 0.1) is 21.3 Å². The number of carbonyl (C=O) groups is 1. The monoisotopic (exact) mass is 345 g/mol. The van der Waals surface area contributed by atoms with Crippen LogP contribution in [0.25, 0.3) is 0 Å². The third-order valence-corrected chi connectivity index (χ3v) is 3.67. The van der Waals surface area contributed by atoms with Crippen molar-refractivity contribution in [1.29, 1.82) is 0 Å². The van der Waals surface area contributed by atoms with Crippen molar-refractivity contribution >= 4 is 6.03 Å². The molecule has 0 atom stereocenters. The first-order chi connectivity index (χ1) is 12.2. The topological polar surface area (TPSA) is 81.7 Å². The van der Waals surface area contributed by atoms with Crippen LogP contribution in [-0.4, -0.2) is 38.9 Å². The number of nitrogens with zero attached hydrogens (tertiary/aromatic N) is 1. The van der Waals surface area contributed by atoms with Gasteiger partial charge in [-0.05, 0) is 35.7 Å². The molecule has 2 N–H and O–H groups in total. The molecule has 25 heavy (non-hydrogen) atoms. The summed E-state index contributed by atoms with van der Waals surface area (Å²) in [7, 11) is 4.75. The molecule has 7 nitrogen and oxygen atoms in total. The Balaban J connectivity index is 1.87. The number of aromatic nitrogens is 1. The Kier molecular flexibility index (Phi) is 6.88. The number of hydrogen-bond acceptors (Lipinski definition) is 5. The predicted octanol–water partition coefficient (Wildman–Crippen LogP) is 2.15. The lowest BCUT2D eigenvalue weighted by Crippen LogP contribution is -2.36. The summed E-state index contributed by atoms with van der Waals surface area (Å²) in [5.41, 5.74) is 1.92. The zero-order chi connectivity index (χ0) is 18.1. The highest BCUT2D eigenvalue weighted by Gasteiger charge is 2.12. The van der Waals surface area contributed by atoms with Crippen molar-refractivity contribution in [2.45, 2.75) is 13.0 Å². The van der Waals surface area contributed by atoms with Crippen molar-refractivity contribution in [3.8, 4) is 17.2 Å². The first-order valence-corrected chi connectivity index (χ1v) is 7.87. The molecule has 7 heteroatoms. The maximum atomic E-state index is 11.9. The van der Waals surface area contributed by atoms with Crippen LogP contribution >= 0.6 is 0 Å². The minimum Gasteiger partial charge on any atom is -0.496 e. The molecule has 0 bridgehead atoms. The second-order valence-corrected chi connectivity index (χ2v) is 5.23. The number of nitrogens with one attached hydrogen (secondary N) is 2. The van der Waals surface area contributed by atoms with E-state index in [1.165, 1.54) is 0 Å². The quantitative estimate of drug-likeness (QED) is 0.766. The van der Waals surface area contributed by atoms with Crippen molar-refractivity contribution in [3.05, 3.63) is 47.8 Å². The average Bonchev–Trinajstić information content (AvgIpc) is 2.66. The van der Waals surface area contributed by atoms with E-state index in [0.717, 1.165) is 11.1 Å². The molecule has 1 aromatic carbocycles. The summed E-state index contributed by atoms with van der Waals surface area (Å²) in [6.07, 6.45) is 3.99. The molecule has 1 heterocycles. The second-order valence-electron chi connectivity index (χ2n) is 5.23. The third-order valence-electron chi connectivity index (χ3n) is 3.67. The smallest absolute Gasteiger partial charge is 0.315 e. The van der Waals surface area contributed by atoms with E-state index in [9.17, 15) is 4.79 Å². The highest BCUT2D eigenvalue weighted by molar-refractivity contribution is 5.73. The Morgan fingerprint density at radius 2 is 1.60 bits per heavy atom. The van der Waals surface area contributed by atoms with Gasteiger partial charge in [-0.1, -0.05) is 0 Å². The summed E-state index contributed by atoms with van der Waals surface area (Å²) in [5, 5.41) is 5.63. The van der Waals surface area contributed by atoms with Crippen molar-refractivity contribution in [1.82, 2.24) is 15.6 Å². The standard InChI is InChI=1S/C18H23N3O4/c1-23-15-11-17(25-3)16(24-2)10-14(15)6-9-20-18(22)21-12-13-4-7-19-8-5-13/h4-5,7-8,10-11H,6,9,12H2,1-3H3,(H2,20,21,22). The Bertz CT molecular complexity index is 692. The predicted molar refractivity (Wildman–Crippen MR) is 94.3 cm³/mol. The van der Waals surface area contributed by atoms with Crippen LogP contribution in [0.3, 0.4) is 0 Å². The Morgan fingerprint density at radius 1 is 0.960 bits per heavy atom. The number of carbonyl (C=O) groups excluding carboxylic acids is 1. The van der Waals surface area contributed by atoms with E-state index >= 15 is 0 Å². The fourth-order valence-corrected chi connectivity index (χ4v) is 2.34. The molecule has 2 aromatic rings. The van der Waals surface area contributed by atoms with Gasteiger partial charge in [0.2, 0.25) is 0 Å². The van der Waals surface area contributed by atoms with Gasteiger partial charge in [0.1, 0.15) is 5.75 Å². The van der Waals surface area contributed by atoms with Gasteiger partial charge < -0.3 is 24.8 Å². The molecular formula is C18H23N3O4. The summed E-state index contributed by atoms with van der Waals surface area (Å²) >= 11 is 0. The van der Waals surface area contributed by atoms with Crippen molar-refractivity contribution in [3.63, 3.8) is 0 Å². The molecule has 0 aliphatic carbocycles. The zero-order valence-corrected chi connectivity index (χ0v) is 14.7. The molecule has 2 rings (SSSR count). The molecule has 0 aliphatic rings. The van der Waals surface area contributed by atoms with Crippen molar-refractivity contribution in [2.75, 3.05) is 27.9 Å². The molecule has 0 radical (unpaired) electrons. The maximum absolute atomic E-state index is 11.9. The van der Waals surface area contributed by atoms with Gasteiger partial charge in [0.15, 0.2) is 11.5 Å².